The fourth-order valence-corrected chi connectivity index (χ4v) is 2.48. The number of halogens is 1. The van der Waals surface area contributed by atoms with Crippen molar-refractivity contribution in [2.75, 3.05) is 13.2 Å². The maximum atomic E-state index is 12.0. The molecule has 2 atom stereocenters. The Morgan fingerprint density at radius 3 is 2.78 bits per heavy atom. The van der Waals surface area contributed by atoms with Crippen LogP contribution in [0.4, 0.5) is 4.79 Å². The van der Waals surface area contributed by atoms with Gasteiger partial charge in [0.05, 0.1) is 17.8 Å². The molecule has 0 aromatic heterocycles. The van der Waals surface area contributed by atoms with Crippen LogP contribution < -0.4 is 9.47 Å². The van der Waals surface area contributed by atoms with Gasteiger partial charge in [-0.15, -0.1) is 0 Å². The molecule has 0 saturated heterocycles. The van der Waals surface area contributed by atoms with E-state index in [4.69, 9.17) is 25.8 Å². The lowest BCUT2D eigenvalue weighted by atomic mass is 10.2. The molecular formula is C14H17ClNO6S-. The smallest absolute Gasteiger partial charge is 0.421 e. The summed E-state index contributed by atoms with van der Waals surface area (Å²) in [6.45, 7) is 4.82. The number of amides is 1. The minimum Gasteiger partial charge on any atom is -0.755 e. The molecule has 0 radical (unpaired) electrons. The van der Waals surface area contributed by atoms with E-state index in [1.807, 2.05) is 0 Å². The van der Waals surface area contributed by atoms with E-state index in [2.05, 4.69) is 0 Å². The molecule has 0 N–H and O–H groups in total. The average molecular weight is 363 g/mol. The van der Waals surface area contributed by atoms with Gasteiger partial charge in [-0.3, -0.25) is 4.21 Å². The van der Waals surface area contributed by atoms with Crippen LogP contribution in [0.3, 0.4) is 0 Å². The summed E-state index contributed by atoms with van der Waals surface area (Å²) in [6, 6.07) is 4.85. The van der Waals surface area contributed by atoms with Crippen molar-refractivity contribution in [3.05, 3.63) is 23.2 Å². The highest BCUT2D eigenvalue weighted by atomic mass is 35.5. The molecule has 1 heterocycles. The van der Waals surface area contributed by atoms with Crippen molar-refractivity contribution >= 4 is 29.0 Å². The van der Waals surface area contributed by atoms with E-state index in [1.54, 1.807) is 39.0 Å². The van der Waals surface area contributed by atoms with Crippen molar-refractivity contribution in [2.45, 2.75) is 32.5 Å². The second kappa shape index (κ2) is 6.94. The van der Waals surface area contributed by atoms with Crippen molar-refractivity contribution in [3.8, 4) is 11.5 Å². The third kappa shape index (κ3) is 4.98. The molecule has 2 rings (SSSR count). The molecule has 2 unspecified atom stereocenters. The van der Waals surface area contributed by atoms with E-state index in [-0.39, 0.29) is 13.2 Å². The number of ether oxygens (including phenoxy) is 3. The third-order valence-corrected chi connectivity index (χ3v) is 3.66. The first-order valence-corrected chi connectivity index (χ1v) is 8.25. The quantitative estimate of drug-likeness (QED) is 0.768. The monoisotopic (exact) mass is 362 g/mol. The summed E-state index contributed by atoms with van der Waals surface area (Å²) in [7, 11) is 0. The summed E-state index contributed by atoms with van der Waals surface area (Å²) >= 11 is 3.08. The second-order valence-electron chi connectivity index (χ2n) is 5.90. The SMILES string of the molecule is CC(C)(C)OC(=O)N(CC1COc2cc(Cl)ccc2O1)S(=O)[O-]. The van der Waals surface area contributed by atoms with Crippen molar-refractivity contribution < 1.29 is 27.8 Å². The summed E-state index contributed by atoms with van der Waals surface area (Å²) in [4.78, 5) is 12.0. The molecule has 7 nitrogen and oxygen atoms in total. The van der Waals surface area contributed by atoms with E-state index in [0.29, 0.717) is 20.8 Å². The van der Waals surface area contributed by atoms with Crippen LogP contribution in [0.5, 0.6) is 11.5 Å². The van der Waals surface area contributed by atoms with Gasteiger partial charge in [0.15, 0.2) is 17.6 Å². The zero-order valence-electron chi connectivity index (χ0n) is 12.9. The van der Waals surface area contributed by atoms with Crippen LogP contribution >= 0.6 is 11.6 Å². The van der Waals surface area contributed by atoms with Crippen LogP contribution in [0.15, 0.2) is 18.2 Å². The zero-order chi connectivity index (χ0) is 17.2. The maximum Gasteiger partial charge on any atom is 0.421 e. The largest absolute Gasteiger partial charge is 0.755 e. The van der Waals surface area contributed by atoms with E-state index in [0.717, 1.165) is 0 Å². The van der Waals surface area contributed by atoms with Crippen molar-refractivity contribution in [3.63, 3.8) is 0 Å². The Kier molecular flexibility index (Phi) is 5.38. The van der Waals surface area contributed by atoms with Gasteiger partial charge in [0, 0.05) is 11.1 Å². The topological polar surface area (TPSA) is 88.1 Å². The fraction of sp³-hybridized carbons (Fsp3) is 0.500. The minimum absolute atomic E-state index is 0.0871. The van der Waals surface area contributed by atoms with Crippen LogP contribution in [0.2, 0.25) is 5.02 Å². The Morgan fingerprint density at radius 1 is 1.48 bits per heavy atom. The zero-order valence-corrected chi connectivity index (χ0v) is 14.5. The van der Waals surface area contributed by atoms with Crippen LogP contribution in [-0.4, -0.2) is 44.0 Å². The molecule has 1 amide bonds. The molecular weight excluding hydrogens is 346 g/mol. The summed E-state index contributed by atoms with van der Waals surface area (Å²) in [6.07, 6.45) is -1.61. The minimum atomic E-state index is -2.78. The number of benzene rings is 1. The number of nitrogens with zero attached hydrogens (tertiary/aromatic N) is 1. The summed E-state index contributed by atoms with van der Waals surface area (Å²) in [5.41, 5.74) is -0.804. The van der Waals surface area contributed by atoms with E-state index in [9.17, 15) is 13.6 Å². The number of carbonyl (C=O) groups is 1. The number of hydrogen-bond donors (Lipinski definition) is 0. The van der Waals surface area contributed by atoms with E-state index in [1.165, 1.54) is 0 Å². The van der Waals surface area contributed by atoms with Crippen LogP contribution in [0, 0.1) is 0 Å². The predicted octanol–water partition coefficient (Wildman–Crippen LogP) is 2.51. The van der Waals surface area contributed by atoms with Gasteiger partial charge in [-0.05, 0) is 32.9 Å². The van der Waals surface area contributed by atoms with Crippen molar-refractivity contribution in [1.82, 2.24) is 4.31 Å². The van der Waals surface area contributed by atoms with Crippen molar-refractivity contribution in [2.24, 2.45) is 0 Å². The first-order valence-electron chi connectivity index (χ1n) is 6.84. The lowest BCUT2D eigenvalue weighted by Gasteiger charge is -2.33. The number of fused-ring (bicyclic) bond motifs is 1. The maximum absolute atomic E-state index is 12.0. The highest BCUT2D eigenvalue weighted by molar-refractivity contribution is 7.77. The normalized spacial score (nSPS) is 18.2. The standard InChI is InChI=1S/C14H18ClNO6S/c1-14(2,3)22-13(17)16(23(18)19)7-10-8-20-12-6-9(15)4-5-11(12)21-10/h4-6,10H,7-8H2,1-3H3,(H,18,19)/p-1. The van der Waals surface area contributed by atoms with Gasteiger partial charge in [-0.25, -0.2) is 9.10 Å². The van der Waals surface area contributed by atoms with Gasteiger partial charge in [-0.1, -0.05) is 11.6 Å². The molecule has 0 aliphatic carbocycles. The van der Waals surface area contributed by atoms with Crippen LogP contribution in [0.1, 0.15) is 20.8 Å². The molecule has 1 aromatic rings. The first kappa shape index (κ1) is 17.8. The molecule has 0 spiro atoms. The predicted molar refractivity (Wildman–Crippen MR) is 83.2 cm³/mol. The van der Waals surface area contributed by atoms with Gasteiger partial charge < -0.3 is 18.8 Å². The molecule has 0 saturated carbocycles. The molecule has 1 aliphatic rings. The second-order valence-corrected chi connectivity index (χ2v) is 7.21. The molecule has 128 valence electrons. The van der Waals surface area contributed by atoms with Crippen LogP contribution in [-0.2, 0) is 16.0 Å². The van der Waals surface area contributed by atoms with Gasteiger partial charge >= 0.3 is 6.09 Å². The highest BCUT2D eigenvalue weighted by Crippen LogP contribution is 2.34. The average Bonchev–Trinajstić information content (AvgIpc) is 2.42. The van der Waals surface area contributed by atoms with Gasteiger partial charge in [-0.2, -0.15) is 0 Å². The molecule has 0 bridgehead atoms. The Bertz CT molecular complexity index is 618. The third-order valence-electron chi connectivity index (χ3n) is 2.77. The Balaban J connectivity index is 2.05. The van der Waals surface area contributed by atoms with E-state index >= 15 is 0 Å². The molecule has 0 fully saturated rings. The number of rotatable bonds is 3. The Labute approximate surface area is 141 Å². The summed E-state index contributed by atoms with van der Waals surface area (Å²) in [5, 5.41) is 0.502. The van der Waals surface area contributed by atoms with E-state index < -0.39 is 29.1 Å². The number of carbonyl (C=O) groups excluding carboxylic acids is 1. The lowest BCUT2D eigenvalue weighted by Crippen LogP contribution is -2.46. The van der Waals surface area contributed by atoms with Gasteiger partial charge in [0.2, 0.25) is 0 Å². The number of hydrogen-bond acceptors (Lipinski definition) is 6. The molecule has 1 aliphatic heterocycles. The van der Waals surface area contributed by atoms with Gasteiger partial charge in [0.1, 0.15) is 12.2 Å². The Morgan fingerprint density at radius 2 is 2.17 bits per heavy atom. The lowest BCUT2D eigenvalue weighted by molar-refractivity contribution is 0.0262. The molecule has 9 heteroatoms. The van der Waals surface area contributed by atoms with Crippen LogP contribution in [0.25, 0.3) is 0 Å². The van der Waals surface area contributed by atoms with Gasteiger partial charge in [0.25, 0.3) is 0 Å². The highest BCUT2D eigenvalue weighted by Gasteiger charge is 2.29. The Hall–Kier alpha value is -1.51. The molecule has 1 aromatic carbocycles. The first-order chi connectivity index (χ1) is 10.7. The summed E-state index contributed by atoms with van der Waals surface area (Å²) < 4.78 is 39.4. The fourth-order valence-electron chi connectivity index (χ4n) is 1.87. The summed E-state index contributed by atoms with van der Waals surface area (Å²) in [5.74, 6) is 0.910. The van der Waals surface area contributed by atoms with Crippen molar-refractivity contribution in [1.29, 1.82) is 0 Å². The molecule has 23 heavy (non-hydrogen) atoms.